The van der Waals surface area contributed by atoms with E-state index in [1.165, 1.54) is 0 Å². The number of alkyl halides is 1. The summed E-state index contributed by atoms with van der Waals surface area (Å²) in [7, 11) is -2.93. The number of halogens is 2. The van der Waals surface area contributed by atoms with E-state index < -0.39 is 9.84 Å². The predicted molar refractivity (Wildman–Crippen MR) is 75.4 cm³/mol. The molecule has 3 nitrogen and oxygen atoms in total. The summed E-state index contributed by atoms with van der Waals surface area (Å²) >= 11 is 11.8. The zero-order valence-corrected chi connectivity index (χ0v) is 12.5. The fourth-order valence-corrected chi connectivity index (χ4v) is 2.83. The van der Waals surface area contributed by atoms with Gasteiger partial charge in [-0.2, -0.15) is 0 Å². The van der Waals surface area contributed by atoms with Gasteiger partial charge in [-0.1, -0.05) is 24.6 Å². The van der Waals surface area contributed by atoms with Crippen molar-refractivity contribution in [2.75, 3.05) is 18.1 Å². The molecule has 0 aliphatic carbocycles. The average molecular weight is 311 g/mol. The highest BCUT2D eigenvalue weighted by Gasteiger charge is 2.09. The van der Waals surface area contributed by atoms with Crippen LogP contribution in [-0.4, -0.2) is 26.5 Å². The van der Waals surface area contributed by atoms with Crippen LogP contribution in [0.15, 0.2) is 18.2 Å². The molecule has 0 N–H and O–H groups in total. The molecule has 0 heterocycles. The molecule has 0 saturated carbocycles. The minimum Gasteiger partial charge on any atom is -0.493 e. The van der Waals surface area contributed by atoms with Crippen LogP contribution in [0, 0.1) is 0 Å². The molecule has 0 bridgehead atoms. The molecule has 0 atom stereocenters. The van der Waals surface area contributed by atoms with Crippen molar-refractivity contribution in [1.29, 1.82) is 0 Å². The second-order valence-corrected chi connectivity index (χ2v) is 6.94. The topological polar surface area (TPSA) is 43.4 Å². The molecule has 0 amide bonds. The highest BCUT2D eigenvalue weighted by molar-refractivity contribution is 7.91. The van der Waals surface area contributed by atoms with Gasteiger partial charge in [-0.3, -0.25) is 0 Å². The first-order chi connectivity index (χ1) is 8.50. The predicted octanol–water partition coefficient (Wildman–Crippen LogP) is 3.28. The Morgan fingerprint density at radius 3 is 2.67 bits per heavy atom. The lowest BCUT2D eigenvalue weighted by Crippen LogP contribution is -2.12. The fraction of sp³-hybridized carbons (Fsp3) is 0.500. The Hall–Kier alpha value is -0.450. The van der Waals surface area contributed by atoms with Gasteiger partial charge in [-0.05, 0) is 18.6 Å². The van der Waals surface area contributed by atoms with Crippen molar-refractivity contribution in [1.82, 2.24) is 0 Å². The zero-order chi connectivity index (χ0) is 13.6. The lowest BCUT2D eigenvalue weighted by atomic mass is 10.2. The molecule has 0 aliphatic rings. The van der Waals surface area contributed by atoms with E-state index in [4.69, 9.17) is 27.9 Å². The van der Waals surface area contributed by atoms with Crippen LogP contribution in [-0.2, 0) is 15.7 Å². The second-order valence-electron chi connectivity index (χ2n) is 3.79. The zero-order valence-electron chi connectivity index (χ0n) is 10.2. The van der Waals surface area contributed by atoms with Gasteiger partial charge < -0.3 is 4.74 Å². The van der Waals surface area contributed by atoms with E-state index in [0.29, 0.717) is 23.8 Å². The second kappa shape index (κ2) is 7.22. The number of hydrogen-bond donors (Lipinski definition) is 0. The lowest BCUT2D eigenvalue weighted by molar-refractivity contribution is 0.315. The normalized spacial score (nSPS) is 11.5. The van der Waals surface area contributed by atoms with E-state index in [0.717, 1.165) is 5.56 Å². The van der Waals surface area contributed by atoms with Gasteiger partial charge >= 0.3 is 0 Å². The van der Waals surface area contributed by atoms with Crippen LogP contribution < -0.4 is 4.74 Å². The van der Waals surface area contributed by atoms with E-state index in [-0.39, 0.29) is 17.4 Å². The molecule has 0 fully saturated rings. The van der Waals surface area contributed by atoms with E-state index in [2.05, 4.69) is 0 Å². The smallest absolute Gasteiger partial charge is 0.150 e. The largest absolute Gasteiger partial charge is 0.493 e. The maximum Gasteiger partial charge on any atom is 0.150 e. The number of hydrogen-bond acceptors (Lipinski definition) is 3. The molecule has 1 aromatic carbocycles. The first-order valence-electron chi connectivity index (χ1n) is 5.66. The van der Waals surface area contributed by atoms with Crippen molar-refractivity contribution >= 4 is 33.0 Å². The summed E-state index contributed by atoms with van der Waals surface area (Å²) in [5.74, 6) is 1.19. The Kier molecular flexibility index (Phi) is 6.26. The number of ether oxygens (including phenoxy) is 1. The van der Waals surface area contributed by atoms with Crippen LogP contribution in [0.5, 0.6) is 5.75 Å². The molecule has 0 unspecified atom stereocenters. The summed E-state index contributed by atoms with van der Waals surface area (Å²) in [5.41, 5.74) is 0.735. The summed E-state index contributed by atoms with van der Waals surface area (Å²) in [5, 5.41) is 0.559. The molecule has 1 aromatic rings. The Morgan fingerprint density at radius 2 is 2.06 bits per heavy atom. The highest BCUT2D eigenvalue weighted by atomic mass is 35.5. The summed E-state index contributed by atoms with van der Waals surface area (Å²) < 4.78 is 28.1. The van der Waals surface area contributed by atoms with Crippen molar-refractivity contribution in [2.24, 2.45) is 0 Å². The van der Waals surface area contributed by atoms with Gasteiger partial charge in [0, 0.05) is 16.3 Å². The number of sulfone groups is 1. The molecule has 6 heteroatoms. The number of benzene rings is 1. The van der Waals surface area contributed by atoms with Gasteiger partial charge in [-0.15, -0.1) is 11.6 Å². The van der Waals surface area contributed by atoms with Crippen molar-refractivity contribution in [3.05, 3.63) is 28.8 Å². The minimum atomic E-state index is -2.93. The maximum atomic E-state index is 11.3. The van der Waals surface area contributed by atoms with E-state index >= 15 is 0 Å². The Labute approximate surface area is 118 Å². The fourth-order valence-electron chi connectivity index (χ4n) is 1.41. The van der Waals surface area contributed by atoms with Gasteiger partial charge in [0.15, 0.2) is 0 Å². The van der Waals surface area contributed by atoms with E-state index in [1.807, 2.05) is 0 Å². The van der Waals surface area contributed by atoms with Gasteiger partial charge in [0.1, 0.15) is 15.6 Å². The standard InChI is InChI=1S/C12H16Cl2O3S/c1-2-18(15,16)8-4-7-17-12-6-3-5-11(14)10(12)9-13/h3,5-6H,2,4,7-9H2,1H3. The molecule has 1 rings (SSSR count). The molecule has 0 radical (unpaired) electrons. The number of rotatable bonds is 7. The third-order valence-electron chi connectivity index (χ3n) is 2.51. The first-order valence-corrected chi connectivity index (χ1v) is 8.40. The summed E-state index contributed by atoms with van der Waals surface area (Å²) in [6.07, 6.45) is 0.463. The molecule has 102 valence electrons. The van der Waals surface area contributed by atoms with Crippen molar-refractivity contribution in [2.45, 2.75) is 19.2 Å². The van der Waals surface area contributed by atoms with Crippen LogP contribution in [0.2, 0.25) is 5.02 Å². The van der Waals surface area contributed by atoms with Crippen LogP contribution in [0.25, 0.3) is 0 Å². The van der Waals surface area contributed by atoms with Gasteiger partial charge in [-0.25, -0.2) is 8.42 Å². The molecule has 0 aliphatic heterocycles. The van der Waals surface area contributed by atoms with Crippen molar-refractivity contribution in [3.8, 4) is 5.75 Å². The quantitative estimate of drug-likeness (QED) is 0.573. The van der Waals surface area contributed by atoms with Gasteiger partial charge in [0.05, 0.1) is 18.2 Å². The molecule has 18 heavy (non-hydrogen) atoms. The molecule has 0 saturated heterocycles. The molecular weight excluding hydrogens is 295 g/mol. The van der Waals surface area contributed by atoms with E-state index in [9.17, 15) is 8.42 Å². The third kappa shape index (κ3) is 4.67. The molecular formula is C12H16Cl2O3S. The van der Waals surface area contributed by atoms with Crippen LogP contribution in [0.4, 0.5) is 0 Å². The van der Waals surface area contributed by atoms with Gasteiger partial charge in [0.2, 0.25) is 0 Å². The Bertz CT molecular complexity index is 486. The van der Waals surface area contributed by atoms with Crippen molar-refractivity contribution < 1.29 is 13.2 Å². The summed E-state index contributed by atoms with van der Waals surface area (Å²) in [6, 6.07) is 5.29. The van der Waals surface area contributed by atoms with Crippen LogP contribution in [0.3, 0.4) is 0 Å². The summed E-state index contributed by atoms with van der Waals surface area (Å²) in [4.78, 5) is 0. The van der Waals surface area contributed by atoms with Crippen molar-refractivity contribution in [3.63, 3.8) is 0 Å². The third-order valence-corrected chi connectivity index (χ3v) is 4.92. The lowest BCUT2D eigenvalue weighted by Gasteiger charge is -2.11. The maximum absolute atomic E-state index is 11.3. The highest BCUT2D eigenvalue weighted by Crippen LogP contribution is 2.27. The first kappa shape index (κ1) is 15.6. The van der Waals surface area contributed by atoms with E-state index in [1.54, 1.807) is 25.1 Å². The van der Waals surface area contributed by atoms with Crippen LogP contribution in [0.1, 0.15) is 18.9 Å². The van der Waals surface area contributed by atoms with Crippen LogP contribution >= 0.6 is 23.2 Å². The Morgan fingerprint density at radius 1 is 1.33 bits per heavy atom. The Balaban J connectivity index is 2.52. The molecule has 0 spiro atoms. The SMILES string of the molecule is CCS(=O)(=O)CCCOc1cccc(Cl)c1CCl. The minimum absolute atomic E-state index is 0.139. The summed E-state index contributed by atoms with van der Waals surface area (Å²) in [6.45, 7) is 1.97. The molecule has 0 aromatic heterocycles. The van der Waals surface area contributed by atoms with Gasteiger partial charge in [0.25, 0.3) is 0 Å². The average Bonchev–Trinajstić information content (AvgIpc) is 2.35. The monoisotopic (exact) mass is 310 g/mol.